The Bertz CT molecular complexity index is 469. The molecule has 0 heterocycles. The standard InChI is InChI=1S/C16H24O2S/c1-15(2,3)12-5-7-13(8-6-12)16(17,11-19(4)18)14-9-10-14/h5-8,14,17H,9-11H2,1-4H3. The first-order valence-corrected chi connectivity index (χ1v) is 8.59. The third kappa shape index (κ3) is 3.26. The van der Waals surface area contributed by atoms with Crippen LogP contribution < -0.4 is 0 Å². The Hall–Kier alpha value is -0.670. The van der Waals surface area contributed by atoms with E-state index in [2.05, 4.69) is 32.9 Å². The van der Waals surface area contributed by atoms with Gasteiger partial charge in [-0.05, 0) is 35.3 Å². The lowest BCUT2D eigenvalue weighted by molar-refractivity contribution is 0.0375. The highest BCUT2D eigenvalue weighted by atomic mass is 32.2. The van der Waals surface area contributed by atoms with Crippen LogP contribution >= 0.6 is 0 Å². The topological polar surface area (TPSA) is 37.3 Å². The molecule has 19 heavy (non-hydrogen) atoms. The number of hydrogen-bond acceptors (Lipinski definition) is 2. The van der Waals surface area contributed by atoms with Crippen LogP contribution in [0, 0.1) is 5.92 Å². The van der Waals surface area contributed by atoms with E-state index in [0.29, 0.717) is 5.75 Å². The normalized spacial score (nSPS) is 20.9. The Morgan fingerprint density at radius 1 is 1.16 bits per heavy atom. The molecular formula is C16H24O2S. The van der Waals surface area contributed by atoms with Gasteiger partial charge in [-0.2, -0.15) is 0 Å². The predicted molar refractivity (Wildman–Crippen MR) is 80.7 cm³/mol. The molecular weight excluding hydrogens is 256 g/mol. The zero-order valence-corrected chi connectivity index (χ0v) is 13.1. The van der Waals surface area contributed by atoms with E-state index in [1.54, 1.807) is 6.26 Å². The Morgan fingerprint density at radius 3 is 2.00 bits per heavy atom. The second-order valence-electron chi connectivity index (χ2n) is 6.74. The average Bonchev–Trinajstić information content (AvgIpc) is 3.11. The van der Waals surface area contributed by atoms with E-state index < -0.39 is 16.4 Å². The van der Waals surface area contributed by atoms with Gasteiger partial charge in [0.15, 0.2) is 0 Å². The van der Waals surface area contributed by atoms with E-state index >= 15 is 0 Å². The Labute approximate surface area is 118 Å². The van der Waals surface area contributed by atoms with Gasteiger partial charge in [-0.25, -0.2) is 0 Å². The number of rotatable bonds is 4. The van der Waals surface area contributed by atoms with Gasteiger partial charge in [0.2, 0.25) is 0 Å². The van der Waals surface area contributed by atoms with Crippen molar-refractivity contribution in [3.63, 3.8) is 0 Å². The zero-order chi connectivity index (χ0) is 14.3. The zero-order valence-electron chi connectivity index (χ0n) is 12.3. The summed E-state index contributed by atoms with van der Waals surface area (Å²) in [6, 6.07) is 8.18. The van der Waals surface area contributed by atoms with Crippen molar-refractivity contribution in [1.29, 1.82) is 0 Å². The van der Waals surface area contributed by atoms with Crippen molar-refractivity contribution < 1.29 is 9.32 Å². The fourth-order valence-electron chi connectivity index (χ4n) is 2.57. The van der Waals surface area contributed by atoms with Crippen molar-refractivity contribution in [3.8, 4) is 0 Å². The van der Waals surface area contributed by atoms with Crippen LogP contribution in [0.25, 0.3) is 0 Å². The fraction of sp³-hybridized carbons (Fsp3) is 0.625. The minimum Gasteiger partial charge on any atom is -0.384 e. The molecule has 1 aromatic rings. The first-order valence-electron chi connectivity index (χ1n) is 6.87. The molecule has 1 fully saturated rings. The van der Waals surface area contributed by atoms with E-state index in [4.69, 9.17) is 0 Å². The maximum Gasteiger partial charge on any atom is 0.104 e. The van der Waals surface area contributed by atoms with Gasteiger partial charge in [0.25, 0.3) is 0 Å². The van der Waals surface area contributed by atoms with Gasteiger partial charge in [0.1, 0.15) is 5.60 Å². The molecule has 1 N–H and O–H groups in total. The predicted octanol–water partition coefficient (Wildman–Crippen LogP) is 2.96. The number of benzene rings is 1. The van der Waals surface area contributed by atoms with Gasteiger partial charge in [0, 0.05) is 17.1 Å². The summed E-state index contributed by atoms with van der Waals surface area (Å²) in [5, 5.41) is 10.9. The van der Waals surface area contributed by atoms with E-state index in [0.717, 1.165) is 18.4 Å². The highest BCUT2D eigenvalue weighted by Crippen LogP contribution is 2.46. The largest absolute Gasteiger partial charge is 0.384 e. The Morgan fingerprint density at radius 2 is 1.63 bits per heavy atom. The summed E-state index contributed by atoms with van der Waals surface area (Å²) >= 11 is 0. The van der Waals surface area contributed by atoms with Crippen molar-refractivity contribution in [2.24, 2.45) is 5.92 Å². The molecule has 0 amide bonds. The van der Waals surface area contributed by atoms with Crippen molar-refractivity contribution in [3.05, 3.63) is 35.4 Å². The van der Waals surface area contributed by atoms with Gasteiger partial charge in [-0.15, -0.1) is 0 Å². The SMILES string of the molecule is CS(=O)CC(O)(c1ccc(C(C)(C)C)cc1)C1CC1. The van der Waals surface area contributed by atoms with Crippen molar-refractivity contribution in [2.75, 3.05) is 12.0 Å². The summed E-state index contributed by atoms with van der Waals surface area (Å²) in [6.45, 7) is 6.53. The lowest BCUT2D eigenvalue weighted by Gasteiger charge is -2.29. The molecule has 2 nitrogen and oxygen atoms in total. The second-order valence-corrected chi connectivity index (χ2v) is 8.18. The molecule has 1 aliphatic carbocycles. The molecule has 2 atom stereocenters. The minimum absolute atomic E-state index is 0.115. The number of aliphatic hydroxyl groups is 1. The van der Waals surface area contributed by atoms with Crippen LogP contribution in [-0.2, 0) is 21.8 Å². The molecule has 1 saturated carbocycles. The van der Waals surface area contributed by atoms with Gasteiger partial charge >= 0.3 is 0 Å². The van der Waals surface area contributed by atoms with Gasteiger partial charge in [-0.3, -0.25) is 4.21 Å². The highest BCUT2D eigenvalue weighted by molar-refractivity contribution is 7.84. The van der Waals surface area contributed by atoms with Crippen molar-refractivity contribution in [1.82, 2.24) is 0 Å². The molecule has 2 unspecified atom stereocenters. The Kier molecular flexibility index (Phi) is 3.90. The molecule has 0 aliphatic heterocycles. The third-order valence-electron chi connectivity index (χ3n) is 3.93. The van der Waals surface area contributed by atoms with E-state index in [1.165, 1.54) is 5.56 Å². The van der Waals surface area contributed by atoms with Gasteiger partial charge in [-0.1, -0.05) is 45.0 Å². The van der Waals surface area contributed by atoms with Gasteiger partial charge in [0.05, 0.1) is 5.75 Å². The third-order valence-corrected chi connectivity index (χ3v) is 4.77. The average molecular weight is 280 g/mol. The molecule has 0 bridgehead atoms. The quantitative estimate of drug-likeness (QED) is 0.920. The smallest absolute Gasteiger partial charge is 0.104 e. The summed E-state index contributed by atoms with van der Waals surface area (Å²) in [5.41, 5.74) is 1.38. The first-order chi connectivity index (χ1) is 8.73. The summed E-state index contributed by atoms with van der Waals surface area (Å²) in [4.78, 5) is 0. The van der Waals surface area contributed by atoms with Crippen LogP contribution in [0.5, 0.6) is 0 Å². The summed E-state index contributed by atoms with van der Waals surface area (Å²) in [5.74, 6) is 0.615. The lowest BCUT2D eigenvalue weighted by Crippen LogP contribution is -2.34. The molecule has 2 rings (SSSR count). The lowest BCUT2D eigenvalue weighted by atomic mass is 9.84. The maximum atomic E-state index is 11.5. The van der Waals surface area contributed by atoms with Crippen LogP contribution in [0.4, 0.5) is 0 Å². The van der Waals surface area contributed by atoms with Crippen molar-refractivity contribution in [2.45, 2.75) is 44.6 Å². The monoisotopic (exact) mass is 280 g/mol. The summed E-state index contributed by atoms with van der Waals surface area (Å²) in [7, 11) is -0.988. The maximum absolute atomic E-state index is 11.5. The molecule has 0 saturated heterocycles. The highest BCUT2D eigenvalue weighted by Gasteiger charge is 2.45. The summed E-state index contributed by atoms with van der Waals surface area (Å²) in [6.07, 6.45) is 3.74. The molecule has 0 radical (unpaired) electrons. The van der Waals surface area contributed by atoms with Crippen LogP contribution in [0.15, 0.2) is 24.3 Å². The molecule has 0 spiro atoms. The Balaban J connectivity index is 2.30. The molecule has 106 valence electrons. The number of hydrogen-bond donors (Lipinski definition) is 1. The molecule has 3 heteroatoms. The minimum atomic E-state index is -0.988. The van der Waals surface area contributed by atoms with Gasteiger partial charge < -0.3 is 5.11 Å². The van der Waals surface area contributed by atoms with E-state index in [9.17, 15) is 9.32 Å². The molecule has 1 aromatic carbocycles. The van der Waals surface area contributed by atoms with E-state index in [-0.39, 0.29) is 11.3 Å². The fourth-order valence-corrected chi connectivity index (χ4v) is 3.59. The van der Waals surface area contributed by atoms with Crippen LogP contribution in [0.1, 0.15) is 44.7 Å². The van der Waals surface area contributed by atoms with Crippen molar-refractivity contribution >= 4 is 10.8 Å². The summed E-state index contributed by atoms with van der Waals surface area (Å²) < 4.78 is 11.5. The van der Waals surface area contributed by atoms with Crippen LogP contribution in [0.2, 0.25) is 0 Å². The van der Waals surface area contributed by atoms with Crippen LogP contribution in [-0.4, -0.2) is 21.3 Å². The molecule has 0 aromatic heterocycles. The molecule has 1 aliphatic rings. The second kappa shape index (κ2) is 5.02. The first kappa shape index (κ1) is 14.7. The van der Waals surface area contributed by atoms with E-state index in [1.807, 2.05) is 12.1 Å². The van der Waals surface area contributed by atoms with Crippen LogP contribution in [0.3, 0.4) is 0 Å².